The van der Waals surface area contributed by atoms with Crippen LogP contribution in [0, 0.1) is 17.0 Å². The van der Waals surface area contributed by atoms with Gasteiger partial charge in [-0.05, 0) is 42.8 Å². The molecule has 2 heterocycles. The molecule has 1 N–H and O–H groups in total. The van der Waals surface area contributed by atoms with E-state index in [1.807, 2.05) is 36.4 Å². The Hall–Kier alpha value is -4.46. The summed E-state index contributed by atoms with van der Waals surface area (Å²) in [6.07, 6.45) is 0. The van der Waals surface area contributed by atoms with Crippen LogP contribution in [0.15, 0.2) is 66.7 Å². The van der Waals surface area contributed by atoms with Crippen molar-refractivity contribution in [2.45, 2.75) is 6.92 Å². The average molecular weight is 427 g/mol. The Labute approximate surface area is 182 Å². The Morgan fingerprint density at radius 3 is 2.69 bits per heavy atom. The van der Waals surface area contributed by atoms with Crippen LogP contribution < -0.4 is 14.8 Å². The number of amides is 1. The van der Waals surface area contributed by atoms with Crippen LogP contribution in [-0.4, -0.2) is 22.6 Å². The first-order valence-corrected chi connectivity index (χ1v) is 9.86. The van der Waals surface area contributed by atoms with E-state index >= 15 is 0 Å². The van der Waals surface area contributed by atoms with Crippen molar-refractivity contribution < 1.29 is 19.2 Å². The molecule has 0 radical (unpaired) electrons. The highest BCUT2D eigenvalue weighted by Gasteiger charge is 2.19. The maximum absolute atomic E-state index is 13.3. The van der Waals surface area contributed by atoms with E-state index in [2.05, 4.69) is 5.32 Å². The number of nitro groups is 1. The van der Waals surface area contributed by atoms with Crippen molar-refractivity contribution in [2.24, 2.45) is 0 Å². The van der Waals surface area contributed by atoms with Gasteiger partial charge in [0.15, 0.2) is 11.5 Å². The van der Waals surface area contributed by atoms with Gasteiger partial charge in [-0.2, -0.15) is 0 Å². The van der Waals surface area contributed by atoms with Gasteiger partial charge in [0.2, 0.25) is 6.79 Å². The summed E-state index contributed by atoms with van der Waals surface area (Å²) in [5.41, 5.74) is 3.46. The Morgan fingerprint density at radius 2 is 1.84 bits per heavy atom. The SMILES string of the molecule is Cc1ccc([N+](=O)[O-])cc1NC(=O)c1cc(-c2ccc3c(c2)OCO3)nc2ccccc12. The van der Waals surface area contributed by atoms with Crippen LogP contribution in [0.2, 0.25) is 0 Å². The highest BCUT2D eigenvalue weighted by Crippen LogP contribution is 2.36. The third kappa shape index (κ3) is 3.47. The minimum Gasteiger partial charge on any atom is -0.454 e. The molecule has 8 heteroatoms. The second kappa shape index (κ2) is 7.66. The summed E-state index contributed by atoms with van der Waals surface area (Å²) >= 11 is 0. The molecule has 0 saturated carbocycles. The molecule has 0 fully saturated rings. The van der Waals surface area contributed by atoms with E-state index in [9.17, 15) is 14.9 Å². The first kappa shape index (κ1) is 19.5. The summed E-state index contributed by atoms with van der Waals surface area (Å²) in [6, 6.07) is 18.9. The van der Waals surface area contributed by atoms with Crippen LogP contribution in [-0.2, 0) is 0 Å². The maximum Gasteiger partial charge on any atom is 0.271 e. The molecule has 8 nitrogen and oxygen atoms in total. The zero-order valence-corrected chi connectivity index (χ0v) is 17.0. The molecule has 32 heavy (non-hydrogen) atoms. The average Bonchev–Trinajstić information content (AvgIpc) is 3.27. The lowest BCUT2D eigenvalue weighted by Crippen LogP contribution is -2.14. The van der Waals surface area contributed by atoms with Crippen LogP contribution in [0.4, 0.5) is 11.4 Å². The number of para-hydroxylation sites is 1. The number of nitrogens with one attached hydrogen (secondary N) is 1. The zero-order chi connectivity index (χ0) is 22.2. The van der Waals surface area contributed by atoms with Crippen molar-refractivity contribution in [3.8, 4) is 22.8 Å². The van der Waals surface area contributed by atoms with E-state index in [0.29, 0.717) is 39.3 Å². The fourth-order valence-corrected chi connectivity index (χ4v) is 3.61. The number of rotatable bonds is 4. The smallest absolute Gasteiger partial charge is 0.271 e. The van der Waals surface area contributed by atoms with Gasteiger partial charge in [0.25, 0.3) is 11.6 Å². The quantitative estimate of drug-likeness (QED) is 0.359. The van der Waals surface area contributed by atoms with Crippen molar-refractivity contribution in [3.05, 3.63) is 88.0 Å². The normalized spacial score (nSPS) is 12.0. The van der Waals surface area contributed by atoms with E-state index in [-0.39, 0.29) is 18.4 Å². The number of non-ortho nitro benzene ring substituents is 1. The number of pyridine rings is 1. The molecule has 0 spiro atoms. The highest BCUT2D eigenvalue weighted by atomic mass is 16.7. The molecule has 5 rings (SSSR count). The summed E-state index contributed by atoms with van der Waals surface area (Å²) in [7, 11) is 0. The van der Waals surface area contributed by atoms with Gasteiger partial charge in [0.1, 0.15) is 0 Å². The molecule has 158 valence electrons. The van der Waals surface area contributed by atoms with E-state index in [1.165, 1.54) is 12.1 Å². The number of fused-ring (bicyclic) bond motifs is 2. The van der Waals surface area contributed by atoms with Gasteiger partial charge in [-0.1, -0.05) is 24.3 Å². The lowest BCUT2D eigenvalue weighted by atomic mass is 10.0. The van der Waals surface area contributed by atoms with Gasteiger partial charge < -0.3 is 14.8 Å². The Kier molecular flexibility index (Phi) is 4.67. The van der Waals surface area contributed by atoms with E-state index in [4.69, 9.17) is 14.5 Å². The first-order valence-electron chi connectivity index (χ1n) is 9.86. The lowest BCUT2D eigenvalue weighted by molar-refractivity contribution is -0.384. The van der Waals surface area contributed by atoms with Crippen molar-refractivity contribution in [1.82, 2.24) is 4.98 Å². The lowest BCUT2D eigenvalue weighted by Gasteiger charge is -2.12. The minimum atomic E-state index is -0.491. The third-order valence-electron chi connectivity index (χ3n) is 5.31. The summed E-state index contributed by atoms with van der Waals surface area (Å²) in [6.45, 7) is 1.95. The Bertz CT molecular complexity index is 1400. The number of carbonyl (C=O) groups excluding carboxylic acids is 1. The molecule has 1 aromatic heterocycles. The molecule has 1 aliphatic rings. The van der Waals surface area contributed by atoms with Gasteiger partial charge in [-0.15, -0.1) is 0 Å². The number of aromatic nitrogens is 1. The number of benzene rings is 3. The largest absolute Gasteiger partial charge is 0.454 e. The molecule has 3 aromatic carbocycles. The first-order chi connectivity index (χ1) is 15.5. The predicted molar refractivity (Wildman–Crippen MR) is 119 cm³/mol. The predicted octanol–water partition coefficient (Wildman–Crippen LogP) is 5.10. The van der Waals surface area contributed by atoms with Gasteiger partial charge >= 0.3 is 0 Å². The summed E-state index contributed by atoms with van der Waals surface area (Å²) in [4.78, 5) is 28.6. The van der Waals surface area contributed by atoms with Crippen molar-refractivity contribution >= 4 is 28.2 Å². The number of aryl methyl sites for hydroxylation is 1. The van der Waals surface area contributed by atoms with E-state index in [1.54, 1.807) is 25.1 Å². The van der Waals surface area contributed by atoms with E-state index in [0.717, 1.165) is 11.1 Å². The summed E-state index contributed by atoms with van der Waals surface area (Å²) in [5.74, 6) is 0.901. The van der Waals surface area contributed by atoms with Gasteiger partial charge in [0.05, 0.1) is 27.4 Å². The molecule has 0 atom stereocenters. The van der Waals surface area contributed by atoms with E-state index < -0.39 is 4.92 Å². The van der Waals surface area contributed by atoms with Crippen LogP contribution in [0.5, 0.6) is 11.5 Å². The number of ether oxygens (including phenoxy) is 2. The number of nitrogens with zero attached hydrogens (tertiary/aromatic N) is 2. The minimum absolute atomic E-state index is 0.0912. The number of carbonyl (C=O) groups is 1. The Balaban J connectivity index is 1.58. The zero-order valence-electron chi connectivity index (χ0n) is 17.0. The van der Waals surface area contributed by atoms with Crippen LogP contribution in [0.3, 0.4) is 0 Å². The van der Waals surface area contributed by atoms with Crippen LogP contribution >= 0.6 is 0 Å². The van der Waals surface area contributed by atoms with Gasteiger partial charge in [-0.3, -0.25) is 14.9 Å². The monoisotopic (exact) mass is 427 g/mol. The van der Waals surface area contributed by atoms with Crippen LogP contribution in [0.1, 0.15) is 15.9 Å². The maximum atomic E-state index is 13.3. The molecule has 1 aliphatic heterocycles. The van der Waals surface area contributed by atoms with Gasteiger partial charge in [0, 0.05) is 23.1 Å². The molecule has 0 bridgehead atoms. The van der Waals surface area contributed by atoms with Crippen molar-refractivity contribution in [1.29, 1.82) is 0 Å². The molecule has 0 unspecified atom stereocenters. The highest BCUT2D eigenvalue weighted by molar-refractivity contribution is 6.13. The standard InChI is InChI=1S/C24H17N3O5/c1-14-6-8-16(27(29)30)11-20(14)26-24(28)18-12-21(25-19-5-3-2-4-17(18)19)15-7-9-22-23(10-15)32-13-31-22/h2-12H,13H2,1H3,(H,26,28). The third-order valence-corrected chi connectivity index (χ3v) is 5.31. The fraction of sp³-hybridized carbons (Fsp3) is 0.0833. The van der Waals surface area contributed by atoms with Gasteiger partial charge in [-0.25, -0.2) is 4.98 Å². The summed E-state index contributed by atoms with van der Waals surface area (Å²) < 4.78 is 10.8. The second-order valence-electron chi connectivity index (χ2n) is 7.35. The van der Waals surface area contributed by atoms with Crippen molar-refractivity contribution in [3.63, 3.8) is 0 Å². The second-order valence-corrected chi connectivity index (χ2v) is 7.35. The molecule has 0 aliphatic carbocycles. The van der Waals surface area contributed by atoms with Crippen molar-refractivity contribution in [2.75, 3.05) is 12.1 Å². The molecule has 4 aromatic rings. The molecular formula is C24H17N3O5. The Morgan fingerprint density at radius 1 is 1.03 bits per heavy atom. The summed E-state index contributed by atoms with van der Waals surface area (Å²) in [5, 5.41) is 14.6. The molecule has 0 saturated heterocycles. The van der Waals surface area contributed by atoms with Crippen LogP contribution in [0.25, 0.3) is 22.2 Å². The number of nitro benzene ring substituents is 1. The molecular weight excluding hydrogens is 410 g/mol. The fourth-order valence-electron chi connectivity index (χ4n) is 3.61. The number of anilines is 1. The number of hydrogen-bond acceptors (Lipinski definition) is 6. The number of hydrogen-bond donors (Lipinski definition) is 1. The topological polar surface area (TPSA) is 104 Å². The molecule has 1 amide bonds.